The van der Waals surface area contributed by atoms with Gasteiger partial charge >= 0.3 is 0 Å². The molecule has 1 aromatic heterocycles. The Morgan fingerprint density at radius 1 is 0.960 bits per heavy atom. The number of hydrazine groups is 1. The average Bonchev–Trinajstić information content (AvgIpc) is 3.03. The van der Waals surface area contributed by atoms with Gasteiger partial charge in [0.15, 0.2) is 5.69 Å². The molecule has 0 aliphatic carbocycles. The zero-order valence-corrected chi connectivity index (χ0v) is 14.1. The largest absolute Gasteiger partial charge is 0.288 e. The van der Waals surface area contributed by atoms with Crippen molar-refractivity contribution >= 4 is 15.9 Å². The predicted molar refractivity (Wildman–Crippen MR) is 90.3 cm³/mol. The smallest absolute Gasteiger partial charge is 0.272 e. The molecule has 0 aliphatic rings. The summed E-state index contributed by atoms with van der Waals surface area (Å²) in [6.45, 7) is 1.62. The van der Waals surface area contributed by atoms with E-state index < -0.39 is 15.9 Å². The van der Waals surface area contributed by atoms with E-state index in [0.717, 1.165) is 0 Å². The number of carbonyl (C=O) groups excluding carboxylic acids is 1. The molecule has 0 saturated carbocycles. The van der Waals surface area contributed by atoms with Crippen molar-refractivity contribution in [3.63, 3.8) is 0 Å². The Morgan fingerprint density at radius 2 is 1.56 bits per heavy atom. The van der Waals surface area contributed by atoms with E-state index in [1.807, 2.05) is 23.0 Å². The van der Waals surface area contributed by atoms with E-state index in [-0.39, 0.29) is 10.6 Å². The van der Waals surface area contributed by atoms with E-state index in [1.54, 1.807) is 37.3 Å². The van der Waals surface area contributed by atoms with Crippen LogP contribution in [0.3, 0.4) is 0 Å². The van der Waals surface area contributed by atoms with E-state index in [4.69, 9.17) is 0 Å². The van der Waals surface area contributed by atoms with Crippen LogP contribution in [-0.4, -0.2) is 29.3 Å². The molecule has 25 heavy (non-hydrogen) atoms. The molecular formula is C16H15N5O3S. The van der Waals surface area contributed by atoms with Crippen molar-refractivity contribution < 1.29 is 13.2 Å². The van der Waals surface area contributed by atoms with Crippen molar-refractivity contribution in [2.24, 2.45) is 0 Å². The van der Waals surface area contributed by atoms with Crippen LogP contribution in [0.5, 0.6) is 0 Å². The summed E-state index contributed by atoms with van der Waals surface area (Å²) in [6.07, 6.45) is 0. The summed E-state index contributed by atoms with van der Waals surface area (Å²) in [6, 6.07) is 16.8. The molecule has 0 atom stereocenters. The standard InChI is InChI=1S/C16H15N5O3S/c1-12-15(19-21(18-12)13-8-4-2-5-9-13)16(22)17-20-25(23,24)14-10-6-3-7-11-14/h2-11,20H,1H3,(H,17,22). The van der Waals surface area contributed by atoms with Crippen molar-refractivity contribution in [2.75, 3.05) is 0 Å². The fourth-order valence-electron chi connectivity index (χ4n) is 2.10. The highest BCUT2D eigenvalue weighted by Gasteiger charge is 2.19. The molecule has 2 N–H and O–H groups in total. The maximum absolute atomic E-state index is 12.2. The van der Waals surface area contributed by atoms with Gasteiger partial charge in [0, 0.05) is 0 Å². The Kier molecular flexibility index (Phi) is 4.59. The molecule has 0 bridgehead atoms. The third-order valence-electron chi connectivity index (χ3n) is 3.34. The van der Waals surface area contributed by atoms with Crippen LogP contribution in [0.15, 0.2) is 65.6 Å². The van der Waals surface area contributed by atoms with Gasteiger partial charge in [-0.25, -0.2) is 8.42 Å². The van der Waals surface area contributed by atoms with Gasteiger partial charge in [0.05, 0.1) is 16.3 Å². The molecule has 0 fully saturated rings. The van der Waals surface area contributed by atoms with Crippen LogP contribution in [0, 0.1) is 6.92 Å². The Morgan fingerprint density at radius 3 is 2.20 bits per heavy atom. The van der Waals surface area contributed by atoms with Gasteiger partial charge in [0.25, 0.3) is 15.9 Å². The minimum atomic E-state index is -3.86. The molecule has 0 spiro atoms. The van der Waals surface area contributed by atoms with E-state index in [9.17, 15) is 13.2 Å². The number of hydrogen-bond acceptors (Lipinski definition) is 5. The number of nitrogens with zero attached hydrogens (tertiary/aromatic N) is 3. The molecular weight excluding hydrogens is 342 g/mol. The first-order valence-corrected chi connectivity index (χ1v) is 8.82. The van der Waals surface area contributed by atoms with Crippen LogP contribution in [0.25, 0.3) is 5.69 Å². The topological polar surface area (TPSA) is 106 Å². The third kappa shape index (κ3) is 3.73. The molecule has 0 radical (unpaired) electrons. The van der Waals surface area contributed by atoms with Crippen molar-refractivity contribution in [1.82, 2.24) is 25.3 Å². The molecule has 9 heteroatoms. The molecule has 1 amide bonds. The SMILES string of the molecule is Cc1nn(-c2ccccc2)nc1C(=O)NNS(=O)(=O)c1ccccc1. The van der Waals surface area contributed by atoms with Crippen LogP contribution < -0.4 is 10.3 Å². The van der Waals surface area contributed by atoms with Crippen LogP contribution in [0.2, 0.25) is 0 Å². The zero-order chi connectivity index (χ0) is 17.9. The summed E-state index contributed by atoms with van der Waals surface area (Å²) < 4.78 is 24.2. The lowest BCUT2D eigenvalue weighted by molar-refractivity contribution is 0.0939. The number of aromatic nitrogens is 3. The van der Waals surface area contributed by atoms with Gasteiger partial charge < -0.3 is 0 Å². The third-order valence-corrected chi connectivity index (χ3v) is 4.60. The maximum atomic E-state index is 12.2. The second-order valence-corrected chi connectivity index (χ2v) is 6.81. The first kappa shape index (κ1) is 16.8. The number of rotatable bonds is 5. The van der Waals surface area contributed by atoms with Gasteiger partial charge in [-0.1, -0.05) is 36.4 Å². The lowest BCUT2D eigenvalue weighted by Gasteiger charge is -2.07. The molecule has 3 aromatic rings. The fraction of sp³-hybridized carbons (Fsp3) is 0.0625. The first-order valence-electron chi connectivity index (χ1n) is 7.34. The van der Waals surface area contributed by atoms with Crippen LogP contribution >= 0.6 is 0 Å². The van der Waals surface area contributed by atoms with Gasteiger partial charge in [0.2, 0.25) is 0 Å². The maximum Gasteiger partial charge on any atom is 0.288 e. The van der Waals surface area contributed by atoms with Crippen molar-refractivity contribution in [3.05, 3.63) is 72.1 Å². The van der Waals surface area contributed by atoms with Gasteiger partial charge in [-0.2, -0.15) is 9.90 Å². The lowest BCUT2D eigenvalue weighted by Crippen LogP contribution is -2.41. The quantitative estimate of drug-likeness (QED) is 0.668. The van der Waals surface area contributed by atoms with Gasteiger partial charge in [-0.15, -0.1) is 9.93 Å². The van der Waals surface area contributed by atoms with E-state index >= 15 is 0 Å². The fourth-order valence-corrected chi connectivity index (χ4v) is 2.96. The van der Waals surface area contributed by atoms with Crippen molar-refractivity contribution in [2.45, 2.75) is 11.8 Å². The normalized spacial score (nSPS) is 11.2. The second-order valence-electron chi connectivity index (χ2n) is 5.13. The molecule has 8 nitrogen and oxygen atoms in total. The number of para-hydroxylation sites is 1. The monoisotopic (exact) mass is 357 g/mol. The minimum absolute atomic E-state index is 0.0274. The number of aryl methyl sites for hydroxylation is 1. The number of sulfonamides is 1. The first-order chi connectivity index (χ1) is 12.0. The van der Waals surface area contributed by atoms with Crippen molar-refractivity contribution in [1.29, 1.82) is 0 Å². The summed E-state index contributed by atoms with van der Waals surface area (Å²) in [5.74, 6) is -0.695. The number of hydrogen-bond donors (Lipinski definition) is 2. The van der Waals surface area contributed by atoms with Crippen LogP contribution in [0.1, 0.15) is 16.2 Å². The molecule has 0 unspecified atom stereocenters. The summed E-state index contributed by atoms with van der Waals surface area (Å²) in [7, 11) is -3.86. The van der Waals surface area contributed by atoms with E-state index in [2.05, 4.69) is 15.6 Å². The van der Waals surface area contributed by atoms with Crippen molar-refractivity contribution in [3.8, 4) is 5.69 Å². The molecule has 0 saturated heterocycles. The van der Waals surface area contributed by atoms with Crippen LogP contribution in [0.4, 0.5) is 0 Å². The predicted octanol–water partition coefficient (Wildman–Crippen LogP) is 1.20. The summed E-state index contributed by atoms with van der Waals surface area (Å²) in [5.41, 5.74) is 3.24. The summed E-state index contributed by atoms with van der Waals surface area (Å²) in [5, 5.41) is 8.28. The summed E-state index contributed by atoms with van der Waals surface area (Å²) in [4.78, 5) is 15.6. The lowest BCUT2D eigenvalue weighted by atomic mass is 10.3. The molecule has 128 valence electrons. The Labute approximate surface area is 144 Å². The Hall–Kier alpha value is -3.04. The molecule has 1 heterocycles. The number of nitrogens with one attached hydrogen (secondary N) is 2. The van der Waals surface area contributed by atoms with Crippen LogP contribution in [-0.2, 0) is 10.0 Å². The van der Waals surface area contributed by atoms with E-state index in [1.165, 1.54) is 16.9 Å². The molecule has 2 aromatic carbocycles. The Bertz CT molecular complexity index is 985. The van der Waals surface area contributed by atoms with E-state index in [0.29, 0.717) is 11.4 Å². The highest BCUT2D eigenvalue weighted by atomic mass is 32.2. The summed E-state index contributed by atoms with van der Waals surface area (Å²) >= 11 is 0. The Balaban J connectivity index is 1.75. The zero-order valence-electron chi connectivity index (χ0n) is 13.2. The second kappa shape index (κ2) is 6.83. The number of carbonyl (C=O) groups is 1. The molecule has 3 rings (SSSR count). The number of benzene rings is 2. The molecule has 0 aliphatic heterocycles. The van der Waals surface area contributed by atoms with Gasteiger partial charge in [0.1, 0.15) is 0 Å². The average molecular weight is 357 g/mol. The highest BCUT2D eigenvalue weighted by Crippen LogP contribution is 2.09. The minimum Gasteiger partial charge on any atom is -0.272 e. The van der Waals surface area contributed by atoms with Gasteiger partial charge in [-0.05, 0) is 31.2 Å². The highest BCUT2D eigenvalue weighted by molar-refractivity contribution is 7.89. The number of amides is 1. The van der Waals surface area contributed by atoms with Gasteiger partial charge in [-0.3, -0.25) is 10.2 Å².